The molecule has 0 N–H and O–H groups in total. The number of carbonyl (C=O) groups excluding carboxylic acids is 2. The van der Waals surface area contributed by atoms with E-state index in [9.17, 15) is 19.7 Å². The van der Waals surface area contributed by atoms with Gasteiger partial charge in [-0.25, -0.2) is 9.48 Å². The van der Waals surface area contributed by atoms with E-state index >= 15 is 0 Å². The van der Waals surface area contributed by atoms with Gasteiger partial charge in [-0.3, -0.25) is 14.9 Å². The van der Waals surface area contributed by atoms with Gasteiger partial charge in [-0.2, -0.15) is 0 Å². The molecule has 2 amide bonds. The highest BCUT2D eigenvalue weighted by Gasteiger charge is 2.41. The molecule has 1 saturated heterocycles. The molecule has 2 heterocycles. The predicted molar refractivity (Wildman–Crippen MR) is 95.0 cm³/mol. The van der Waals surface area contributed by atoms with Crippen molar-refractivity contribution in [2.45, 2.75) is 17.7 Å². The zero-order valence-electron chi connectivity index (χ0n) is 14.7. The van der Waals surface area contributed by atoms with Gasteiger partial charge in [0, 0.05) is 38.5 Å². The first-order valence-electron chi connectivity index (χ1n) is 7.99. The Labute approximate surface area is 158 Å². The first-order chi connectivity index (χ1) is 12.9. The van der Waals surface area contributed by atoms with Crippen molar-refractivity contribution in [3.8, 4) is 0 Å². The third-order valence-corrected chi connectivity index (χ3v) is 5.25. The molecule has 11 nitrogen and oxygen atoms in total. The Morgan fingerprint density at radius 3 is 2.67 bits per heavy atom. The summed E-state index contributed by atoms with van der Waals surface area (Å²) in [5.74, 6) is 0.374. The number of aryl methyl sites for hydroxylation is 1. The monoisotopic (exact) mass is 391 g/mol. The van der Waals surface area contributed by atoms with E-state index in [-0.39, 0.29) is 30.6 Å². The lowest BCUT2D eigenvalue weighted by Crippen LogP contribution is -2.63. The number of benzene rings is 1. The van der Waals surface area contributed by atoms with Gasteiger partial charge >= 0.3 is 6.03 Å². The lowest BCUT2D eigenvalue weighted by molar-refractivity contribution is -0.384. The number of thioether (sulfide) groups is 1. The summed E-state index contributed by atoms with van der Waals surface area (Å²) < 4.78 is 1.50. The van der Waals surface area contributed by atoms with Crippen LogP contribution in [-0.2, 0) is 18.4 Å². The van der Waals surface area contributed by atoms with Gasteiger partial charge in [0.2, 0.25) is 5.16 Å². The molecule has 0 radical (unpaired) electrons. The van der Waals surface area contributed by atoms with Crippen molar-refractivity contribution in [1.29, 1.82) is 0 Å². The summed E-state index contributed by atoms with van der Waals surface area (Å²) in [5, 5.41) is 22.4. The topological polar surface area (TPSA) is 127 Å². The van der Waals surface area contributed by atoms with Crippen molar-refractivity contribution in [2.75, 3.05) is 19.3 Å². The van der Waals surface area contributed by atoms with Crippen LogP contribution in [0, 0.1) is 10.1 Å². The maximum atomic E-state index is 12.6. The normalized spacial score (nSPS) is 16.1. The quantitative estimate of drug-likeness (QED) is 0.400. The number of hydrogen-bond acceptors (Lipinski definition) is 8. The summed E-state index contributed by atoms with van der Waals surface area (Å²) in [6, 6.07) is 5.23. The van der Waals surface area contributed by atoms with E-state index in [0.29, 0.717) is 10.9 Å². The summed E-state index contributed by atoms with van der Waals surface area (Å²) in [6.45, 7) is 0.361. The molecule has 1 aromatic heterocycles. The van der Waals surface area contributed by atoms with Crippen LogP contribution in [0.25, 0.3) is 0 Å². The Morgan fingerprint density at radius 2 is 2.11 bits per heavy atom. The highest BCUT2D eigenvalue weighted by molar-refractivity contribution is 7.99. The molecule has 142 valence electrons. The molecular weight excluding hydrogens is 374 g/mol. The van der Waals surface area contributed by atoms with Crippen molar-refractivity contribution in [3.05, 3.63) is 39.9 Å². The van der Waals surface area contributed by atoms with Crippen LogP contribution in [0.5, 0.6) is 0 Å². The summed E-state index contributed by atoms with van der Waals surface area (Å²) in [6.07, 6.45) is 0. The average molecular weight is 391 g/mol. The summed E-state index contributed by atoms with van der Waals surface area (Å²) in [4.78, 5) is 37.8. The molecule has 1 aliphatic heterocycles. The number of nitro groups is 1. The van der Waals surface area contributed by atoms with Gasteiger partial charge < -0.3 is 9.80 Å². The molecule has 1 atom stereocenters. The molecule has 0 saturated carbocycles. The van der Waals surface area contributed by atoms with Gasteiger partial charge in [-0.15, -0.1) is 5.10 Å². The number of non-ortho nitro benzene ring substituents is 1. The predicted octanol–water partition coefficient (Wildman–Crippen LogP) is 0.716. The molecule has 0 unspecified atom stereocenters. The Hall–Kier alpha value is -3.02. The number of carbonyl (C=O) groups is 2. The Kier molecular flexibility index (Phi) is 5.35. The van der Waals surface area contributed by atoms with Crippen molar-refractivity contribution < 1.29 is 14.5 Å². The number of amides is 2. The molecule has 27 heavy (non-hydrogen) atoms. The van der Waals surface area contributed by atoms with Crippen molar-refractivity contribution >= 4 is 29.3 Å². The summed E-state index contributed by atoms with van der Waals surface area (Å²) in [5.41, 5.74) is 0.760. The zero-order valence-corrected chi connectivity index (χ0v) is 15.5. The third kappa shape index (κ3) is 4.05. The Bertz CT molecular complexity index is 869. The SMILES string of the molecule is CN(Cc1ccc([N+](=O)[O-])cc1)C(=O)N1CC(=O)[C@@H]1CSc1nnnn1C. The first kappa shape index (κ1) is 18.8. The van der Waals surface area contributed by atoms with Crippen LogP contribution in [0.3, 0.4) is 0 Å². The highest BCUT2D eigenvalue weighted by atomic mass is 32.2. The molecule has 12 heteroatoms. The van der Waals surface area contributed by atoms with Crippen LogP contribution in [0.1, 0.15) is 5.56 Å². The Balaban J connectivity index is 1.57. The van der Waals surface area contributed by atoms with E-state index in [1.165, 1.54) is 38.4 Å². The fourth-order valence-corrected chi connectivity index (χ4v) is 3.60. The summed E-state index contributed by atoms with van der Waals surface area (Å²) >= 11 is 1.31. The molecule has 0 bridgehead atoms. The maximum Gasteiger partial charge on any atom is 0.321 e. The molecule has 0 aliphatic carbocycles. The highest BCUT2D eigenvalue weighted by Crippen LogP contribution is 2.24. The van der Waals surface area contributed by atoms with Crippen molar-refractivity contribution in [1.82, 2.24) is 30.0 Å². The van der Waals surface area contributed by atoms with Crippen LogP contribution >= 0.6 is 11.8 Å². The number of Topliss-reactive ketones (excluding diaryl/α,β-unsaturated/α-hetero) is 1. The number of likely N-dealkylation sites (tertiary alicyclic amines) is 1. The van der Waals surface area contributed by atoms with Gasteiger partial charge in [0.05, 0.1) is 11.5 Å². The van der Waals surface area contributed by atoms with E-state index in [4.69, 9.17) is 0 Å². The van der Waals surface area contributed by atoms with Gasteiger partial charge in [-0.05, 0) is 16.0 Å². The second-order valence-corrected chi connectivity index (χ2v) is 7.06. The second-order valence-electron chi connectivity index (χ2n) is 6.07. The minimum absolute atomic E-state index is 0.00331. The number of nitrogens with zero attached hydrogens (tertiary/aromatic N) is 7. The van der Waals surface area contributed by atoms with Gasteiger partial charge in [0.1, 0.15) is 6.04 Å². The molecule has 1 fully saturated rings. The lowest BCUT2D eigenvalue weighted by atomic mass is 10.0. The van der Waals surface area contributed by atoms with Crippen LogP contribution in [0.4, 0.5) is 10.5 Å². The largest absolute Gasteiger partial charge is 0.323 e. The van der Waals surface area contributed by atoms with Crippen molar-refractivity contribution in [2.24, 2.45) is 7.05 Å². The third-order valence-electron chi connectivity index (χ3n) is 4.16. The number of rotatable bonds is 6. The van der Waals surface area contributed by atoms with E-state index in [0.717, 1.165) is 5.56 Å². The van der Waals surface area contributed by atoms with Gasteiger partial charge in [-0.1, -0.05) is 23.9 Å². The maximum absolute atomic E-state index is 12.6. The number of aromatic nitrogens is 4. The molecule has 1 aliphatic rings. The van der Waals surface area contributed by atoms with E-state index in [1.807, 2.05) is 0 Å². The standard InChI is InChI=1S/C15H17N7O4S/c1-19(7-10-3-5-11(6-4-10)22(25)26)15(24)21-8-13(23)12(21)9-27-14-16-17-18-20(14)2/h3-6,12H,7-9H2,1-2H3/t12-/m0/s1. The van der Waals surface area contributed by atoms with E-state index in [1.54, 1.807) is 26.2 Å². The van der Waals surface area contributed by atoms with Crippen molar-refractivity contribution in [3.63, 3.8) is 0 Å². The van der Waals surface area contributed by atoms with Crippen LogP contribution in [0.2, 0.25) is 0 Å². The van der Waals surface area contributed by atoms with Crippen LogP contribution < -0.4 is 0 Å². The molecule has 1 aromatic carbocycles. The van der Waals surface area contributed by atoms with Crippen LogP contribution in [0.15, 0.2) is 29.4 Å². The van der Waals surface area contributed by atoms with Gasteiger partial charge in [0.15, 0.2) is 5.78 Å². The number of tetrazole rings is 1. The fourth-order valence-electron chi connectivity index (χ4n) is 2.61. The minimum Gasteiger partial charge on any atom is -0.323 e. The smallest absolute Gasteiger partial charge is 0.321 e. The lowest BCUT2D eigenvalue weighted by Gasteiger charge is -2.40. The molecule has 0 spiro atoms. The first-order valence-corrected chi connectivity index (χ1v) is 8.98. The van der Waals surface area contributed by atoms with E-state index in [2.05, 4.69) is 15.5 Å². The zero-order chi connectivity index (χ0) is 19.6. The van der Waals surface area contributed by atoms with Crippen LogP contribution in [-0.4, -0.2) is 72.1 Å². The second kappa shape index (κ2) is 7.70. The van der Waals surface area contributed by atoms with Gasteiger partial charge in [0.25, 0.3) is 5.69 Å². The number of hydrogen-bond donors (Lipinski definition) is 0. The molecule has 3 rings (SSSR count). The number of urea groups is 1. The minimum atomic E-state index is -0.515. The average Bonchev–Trinajstić information content (AvgIpc) is 3.04. The molecular formula is C15H17N7O4S. The fraction of sp³-hybridized carbons (Fsp3) is 0.400. The Morgan fingerprint density at radius 1 is 1.41 bits per heavy atom. The van der Waals surface area contributed by atoms with E-state index < -0.39 is 11.0 Å². The number of nitro benzene ring substituents is 1. The molecule has 2 aromatic rings. The number of ketones is 1. The summed E-state index contributed by atoms with van der Waals surface area (Å²) in [7, 11) is 3.33.